The van der Waals surface area contributed by atoms with Crippen LogP contribution in [0.3, 0.4) is 0 Å². The van der Waals surface area contributed by atoms with Crippen molar-refractivity contribution in [2.75, 3.05) is 6.54 Å². The first-order chi connectivity index (χ1) is 9.04. The lowest BCUT2D eigenvalue weighted by Crippen LogP contribution is -2.36. The highest BCUT2D eigenvalue weighted by Gasteiger charge is 2.15. The number of ether oxygens (including phenoxy) is 1. The van der Waals surface area contributed by atoms with E-state index in [9.17, 15) is 4.79 Å². The SMILES string of the molecule is CCCCCNC(=O)C(C)Oc1ccc(Cl)cc1Cl. The van der Waals surface area contributed by atoms with E-state index in [2.05, 4.69) is 12.2 Å². The van der Waals surface area contributed by atoms with Crippen LogP contribution in [-0.2, 0) is 4.79 Å². The van der Waals surface area contributed by atoms with E-state index in [0.29, 0.717) is 22.3 Å². The van der Waals surface area contributed by atoms with Crippen molar-refractivity contribution in [1.29, 1.82) is 0 Å². The molecule has 0 saturated carbocycles. The summed E-state index contributed by atoms with van der Waals surface area (Å²) in [4.78, 5) is 11.8. The zero-order chi connectivity index (χ0) is 14.3. The molecule has 0 radical (unpaired) electrons. The van der Waals surface area contributed by atoms with Crippen molar-refractivity contribution in [3.63, 3.8) is 0 Å². The molecule has 0 spiro atoms. The van der Waals surface area contributed by atoms with Crippen LogP contribution >= 0.6 is 23.2 Å². The lowest BCUT2D eigenvalue weighted by atomic mass is 10.2. The molecule has 0 saturated heterocycles. The Morgan fingerprint density at radius 2 is 2.11 bits per heavy atom. The molecular weight excluding hydrogens is 285 g/mol. The minimum absolute atomic E-state index is 0.137. The molecule has 3 nitrogen and oxygen atoms in total. The largest absolute Gasteiger partial charge is 0.479 e. The van der Waals surface area contributed by atoms with Crippen LogP contribution in [0, 0.1) is 0 Å². The monoisotopic (exact) mass is 303 g/mol. The first kappa shape index (κ1) is 16.1. The number of rotatable bonds is 7. The van der Waals surface area contributed by atoms with E-state index in [1.165, 1.54) is 0 Å². The molecular formula is C14H19Cl2NO2. The van der Waals surface area contributed by atoms with E-state index in [4.69, 9.17) is 27.9 Å². The summed E-state index contributed by atoms with van der Waals surface area (Å²) in [5, 5.41) is 3.77. The van der Waals surface area contributed by atoms with Gasteiger partial charge in [0.25, 0.3) is 5.91 Å². The van der Waals surface area contributed by atoms with Crippen LogP contribution < -0.4 is 10.1 Å². The van der Waals surface area contributed by atoms with Gasteiger partial charge in [-0.2, -0.15) is 0 Å². The van der Waals surface area contributed by atoms with Gasteiger partial charge in [0.1, 0.15) is 5.75 Å². The number of carbonyl (C=O) groups excluding carboxylic acids is 1. The maximum absolute atomic E-state index is 11.8. The zero-order valence-electron chi connectivity index (χ0n) is 11.2. The molecule has 1 atom stereocenters. The maximum atomic E-state index is 11.8. The summed E-state index contributed by atoms with van der Waals surface area (Å²) in [5.41, 5.74) is 0. The van der Waals surface area contributed by atoms with Crippen LogP contribution in [-0.4, -0.2) is 18.6 Å². The Hall–Kier alpha value is -0.930. The second-order valence-electron chi connectivity index (χ2n) is 4.33. The molecule has 19 heavy (non-hydrogen) atoms. The quantitative estimate of drug-likeness (QED) is 0.771. The molecule has 0 heterocycles. The molecule has 106 valence electrons. The standard InChI is InChI=1S/C14H19Cl2NO2/c1-3-4-5-8-17-14(18)10(2)19-13-7-6-11(15)9-12(13)16/h6-7,9-10H,3-5,8H2,1-2H3,(H,17,18). The van der Waals surface area contributed by atoms with Gasteiger partial charge in [-0.3, -0.25) is 4.79 Å². The van der Waals surface area contributed by atoms with E-state index in [0.717, 1.165) is 19.3 Å². The summed E-state index contributed by atoms with van der Waals surface area (Å²) in [6.45, 7) is 4.49. The molecule has 1 aromatic carbocycles. The van der Waals surface area contributed by atoms with Gasteiger partial charge >= 0.3 is 0 Å². The number of hydrogen-bond donors (Lipinski definition) is 1. The fourth-order valence-corrected chi connectivity index (χ4v) is 2.00. The molecule has 0 aliphatic heterocycles. The summed E-state index contributed by atoms with van der Waals surface area (Å²) in [6, 6.07) is 4.92. The van der Waals surface area contributed by atoms with Gasteiger partial charge in [0.15, 0.2) is 6.10 Å². The van der Waals surface area contributed by atoms with Crippen molar-refractivity contribution < 1.29 is 9.53 Å². The molecule has 1 rings (SSSR count). The Morgan fingerprint density at radius 3 is 2.74 bits per heavy atom. The number of carbonyl (C=O) groups is 1. The average Bonchev–Trinajstić information content (AvgIpc) is 2.37. The van der Waals surface area contributed by atoms with E-state index in [-0.39, 0.29) is 5.91 Å². The molecule has 5 heteroatoms. The Balaban J connectivity index is 2.45. The van der Waals surface area contributed by atoms with Gasteiger partial charge in [0.2, 0.25) is 0 Å². The van der Waals surface area contributed by atoms with Crippen LogP contribution in [0.1, 0.15) is 33.1 Å². The summed E-state index contributed by atoms with van der Waals surface area (Å²) < 4.78 is 5.52. The molecule has 0 aliphatic carbocycles. The van der Waals surface area contributed by atoms with E-state index in [1.54, 1.807) is 25.1 Å². The Bertz CT molecular complexity index is 424. The molecule has 0 bridgehead atoms. The number of amides is 1. The van der Waals surface area contributed by atoms with Gasteiger partial charge in [0, 0.05) is 11.6 Å². The third-order valence-electron chi connectivity index (χ3n) is 2.65. The van der Waals surface area contributed by atoms with Gasteiger partial charge in [-0.05, 0) is 31.5 Å². The van der Waals surface area contributed by atoms with Crippen molar-refractivity contribution in [2.45, 2.75) is 39.2 Å². The van der Waals surface area contributed by atoms with E-state index < -0.39 is 6.10 Å². The topological polar surface area (TPSA) is 38.3 Å². The number of benzene rings is 1. The van der Waals surface area contributed by atoms with Crippen LogP contribution in [0.25, 0.3) is 0 Å². The number of hydrogen-bond acceptors (Lipinski definition) is 2. The van der Waals surface area contributed by atoms with Gasteiger partial charge in [-0.15, -0.1) is 0 Å². The molecule has 1 aromatic rings. The normalized spacial score (nSPS) is 12.0. The molecule has 0 aromatic heterocycles. The predicted molar refractivity (Wildman–Crippen MR) is 79.1 cm³/mol. The fraction of sp³-hybridized carbons (Fsp3) is 0.500. The van der Waals surface area contributed by atoms with Crippen LogP contribution in [0.15, 0.2) is 18.2 Å². The third kappa shape index (κ3) is 5.70. The highest BCUT2D eigenvalue weighted by Crippen LogP contribution is 2.28. The number of unbranched alkanes of at least 4 members (excludes halogenated alkanes) is 2. The predicted octanol–water partition coefficient (Wildman–Crippen LogP) is 4.07. The van der Waals surface area contributed by atoms with Crippen molar-refractivity contribution in [3.05, 3.63) is 28.2 Å². The first-order valence-corrected chi connectivity index (χ1v) is 7.19. The van der Waals surface area contributed by atoms with Crippen molar-refractivity contribution in [2.24, 2.45) is 0 Å². The van der Waals surface area contributed by atoms with E-state index >= 15 is 0 Å². The summed E-state index contributed by atoms with van der Waals surface area (Å²) in [7, 11) is 0. The van der Waals surface area contributed by atoms with Crippen molar-refractivity contribution >= 4 is 29.1 Å². The van der Waals surface area contributed by atoms with Crippen LogP contribution in [0.2, 0.25) is 10.0 Å². The maximum Gasteiger partial charge on any atom is 0.260 e. The Morgan fingerprint density at radius 1 is 1.37 bits per heavy atom. The third-order valence-corrected chi connectivity index (χ3v) is 3.18. The summed E-state index contributed by atoms with van der Waals surface area (Å²) >= 11 is 11.8. The van der Waals surface area contributed by atoms with Gasteiger partial charge in [-0.1, -0.05) is 43.0 Å². The highest BCUT2D eigenvalue weighted by molar-refractivity contribution is 6.35. The van der Waals surface area contributed by atoms with Gasteiger partial charge < -0.3 is 10.1 Å². The molecule has 1 unspecified atom stereocenters. The fourth-order valence-electron chi connectivity index (χ4n) is 1.55. The zero-order valence-corrected chi connectivity index (χ0v) is 12.7. The lowest BCUT2D eigenvalue weighted by Gasteiger charge is -2.15. The second kappa shape index (κ2) is 8.28. The van der Waals surface area contributed by atoms with Gasteiger partial charge in [-0.25, -0.2) is 0 Å². The number of halogens is 2. The molecule has 0 fully saturated rings. The minimum atomic E-state index is -0.583. The Labute approximate surface area is 124 Å². The lowest BCUT2D eigenvalue weighted by molar-refractivity contribution is -0.127. The molecule has 1 amide bonds. The average molecular weight is 304 g/mol. The second-order valence-corrected chi connectivity index (χ2v) is 5.18. The van der Waals surface area contributed by atoms with Crippen molar-refractivity contribution in [3.8, 4) is 5.75 Å². The van der Waals surface area contributed by atoms with E-state index in [1.807, 2.05) is 0 Å². The van der Waals surface area contributed by atoms with Crippen LogP contribution in [0.5, 0.6) is 5.75 Å². The number of nitrogens with one attached hydrogen (secondary N) is 1. The van der Waals surface area contributed by atoms with Gasteiger partial charge in [0.05, 0.1) is 5.02 Å². The summed E-state index contributed by atoms with van der Waals surface area (Å²) in [6.07, 6.45) is 2.64. The molecule has 1 N–H and O–H groups in total. The highest BCUT2D eigenvalue weighted by atomic mass is 35.5. The van der Waals surface area contributed by atoms with Crippen molar-refractivity contribution in [1.82, 2.24) is 5.32 Å². The minimum Gasteiger partial charge on any atom is -0.479 e. The smallest absolute Gasteiger partial charge is 0.260 e. The first-order valence-electron chi connectivity index (χ1n) is 6.44. The Kier molecular flexibility index (Phi) is 7.03. The molecule has 0 aliphatic rings. The summed E-state index contributed by atoms with van der Waals surface area (Å²) in [5.74, 6) is 0.324. The van der Waals surface area contributed by atoms with Crippen LogP contribution in [0.4, 0.5) is 0 Å².